The van der Waals surface area contributed by atoms with Crippen molar-refractivity contribution in [1.29, 1.82) is 0 Å². The molecule has 0 bridgehead atoms. The summed E-state index contributed by atoms with van der Waals surface area (Å²) in [6.07, 6.45) is 2.29. The van der Waals surface area contributed by atoms with Gasteiger partial charge in [-0.3, -0.25) is 14.4 Å². The minimum Gasteiger partial charge on any atom is -0.462 e. The third-order valence-corrected chi connectivity index (χ3v) is 6.16. The Morgan fingerprint density at radius 1 is 1.18 bits per heavy atom. The van der Waals surface area contributed by atoms with E-state index in [0.717, 1.165) is 26.1 Å². The molecule has 0 N–H and O–H groups in total. The second-order valence-electron chi connectivity index (χ2n) is 6.83. The summed E-state index contributed by atoms with van der Waals surface area (Å²) in [5.41, 5.74) is -1.74. The molecule has 0 atom stereocenters. The van der Waals surface area contributed by atoms with Gasteiger partial charge in [-0.2, -0.15) is 8.78 Å². The van der Waals surface area contributed by atoms with Crippen molar-refractivity contribution in [3.05, 3.63) is 37.4 Å². The molecule has 0 radical (unpaired) electrons. The lowest BCUT2D eigenvalue weighted by atomic mass is 10.1. The molecule has 1 heterocycles. The van der Waals surface area contributed by atoms with Crippen LogP contribution < -0.4 is 10.2 Å². The molecular weight excluding hydrogens is 565 g/mol. The van der Waals surface area contributed by atoms with Crippen molar-refractivity contribution in [2.45, 2.75) is 39.3 Å². The highest BCUT2D eigenvalue weighted by molar-refractivity contribution is 14.2. The molecule has 1 aliphatic carbocycles. The lowest BCUT2D eigenvalue weighted by Gasteiger charge is -2.18. The second kappa shape index (κ2) is 9.93. The van der Waals surface area contributed by atoms with E-state index in [2.05, 4.69) is 18.6 Å². The normalized spacial score (nSPS) is 13.0. The molecule has 3 rings (SSSR count). The first-order chi connectivity index (χ1) is 15.5. The van der Waals surface area contributed by atoms with Crippen LogP contribution in [0.4, 0.5) is 13.2 Å². The van der Waals surface area contributed by atoms with E-state index in [1.54, 1.807) is 0 Å². The van der Waals surface area contributed by atoms with Crippen LogP contribution in [0.15, 0.2) is 17.1 Å². The van der Waals surface area contributed by atoms with Crippen LogP contribution in [-0.2, 0) is 23.6 Å². The molecular formula is C19H16BF3INO8. The summed E-state index contributed by atoms with van der Waals surface area (Å²) in [7, 11) is -2.07. The molecule has 9 nitrogen and oxygen atoms in total. The molecule has 1 aromatic carbocycles. The van der Waals surface area contributed by atoms with Crippen LogP contribution in [0.3, 0.4) is 0 Å². The van der Waals surface area contributed by atoms with Crippen molar-refractivity contribution in [1.82, 2.24) is 4.57 Å². The molecule has 1 aromatic heterocycles. The van der Waals surface area contributed by atoms with Gasteiger partial charge in [-0.15, -0.1) is 0 Å². The summed E-state index contributed by atoms with van der Waals surface area (Å²) in [5, 5.41) is -0.387. The van der Waals surface area contributed by atoms with E-state index in [0.29, 0.717) is 12.8 Å². The number of alkyl halides is 2. The molecule has 0 amide bonds. The Balaban J connectivity index is 2.18. The Kier molecular flexibility index (Phi) is 7.44. The van der Waals surface area contributed by atoms with Gasteiger partial charge in [0, 0.05) is 26.1 Å². The number of hydrogen-bond acceptors (Lipinski definition) is 8. The van der Waals surface area contributed by atoms with Gasteiger partial charge in [-0.05, 0) is 18.9 Å². The van der Waals surface area contributed by atoms with Crippen LogP contribution in [0.1, 0.15) is 43.1 Å². The van der Waals surface area contributed by atoms with Crippen LogP contribution >= 0.6 is 20.7 Å². The summed E-state index contributed by atoms with van der Waals surface area (Å²) in [5.74, 6) is -4.69. The Labute approximate surface area is 194 Å². The summed E-state index contributed by atoms with van der Waals surface area (Å²) in [6.45, 7) is -1.35. The standard InChI is InChI=1S/C19H16BF3INO8/c1-8(26)31-20(32-9(2)27)33-18(29)12-7-25(10-4-5-10)15-11(16(12)28)6-13(21)14(24-3)17(15)30-19(22)23/h6-7,10,19H,3-5H2,1-2H3. The molecule has 1 aliphatic rings. The van der Waals surface area contributed by atoms with Gasteiger partial charge in [-0.25, -0.2) is 9.18 Å². The molecule has 1 fully saturated rings. The third kappa shape index (κ3) is 5.54. The molecule has 0 unspecified atom stereocenters. The predicted molar refractivity (Wildman–Crippen MR) is 118 cm³/mol. The number of fused-ring (bicyclic) bond motifs is 1. The third-order valence-electron chi connectivity index (χ3n) is 4.39. The molecule has 33 heavy (non-hydrogen) atoms. The van der Waals surface area contributed by atoms with Gasteiger partial charge in [-0.1, -0.05) is 25.2 Å². The summed E-state index contributed by atoms with van der Waals surface area (Å²) in [4.78, 5) is 48.1. The fraction of sp³-hybridized carbons (Fsp3) is 0.316. The van der Waals surface area contributed by atoms with Crippen molar-refractivity contribution in [2.24, 2.45) is 0 Å². The van der Waals surface area contributed by atoms with Crippen molar-refractivity contribution in [3.8, 4) is 5.75 Å². The minimum atomic E-state index is -3.29. The van der Waals surface area contributed by atoms with Crippen LogP contribution in [0, 0.1) is 9.39 Å². The first-order valence-corrected chi connectivity index (χ1v) is 11.9. The second-order valence-corrected chi connectivity index (χ2v) is 8.67. The maximum absolute atomic E-state index is 14.7. The molecule has 1 saturated carbocycles. The molecule has 0 aliphatic heterocycles. The zero-order valence-electron chi connectivity index (χ0n) is 17.2. The minimum absolute atomic E-state index is 0.0874. The van der Waals surface area contributed by atoms with Crippen LogP contribution in [0.2, 0.25) is 0 Å². The van der Waals surface area contributed by atoms with E-state index < -0.39 is 75.1 Å². The average Bonchev–Trinajstić information content (AvgIpc) is 3.52. The lowest BCUT2D eigenvalue weighted by Crippen LogP contribution is -2.35. The molecule has 176 valence electrons. The van der Waals surface area contributed by atoms with Gasteiger partial charge in [0.25, 0.3) is 11.9 Å². The SMILES string of the molecule is C=Ic1c(F)cc2c(=O)c(C(=O)OB(OC(C)=O)OC(C)=O)cn(C3CC3)c2c1OC(F)F. The zero-order valence-corrected chi connectivity index (χ0v) is 19.4. The largest absolute Gasteiger partial charge is 0.870 e. The number of hydrogen-bond donors (Lipinski definition) is 0. The van der Waals surface area contributed by atoms with Crippen molar-refractivity contribution >= 4 is 61.4 Å². The van der Waals surface area contributed by atoms with E-state index in [1.807, 2.05) is 0 Å². The fourth-order valence-electron chi connectivity index (χ4n) is 3.03. The maximum Gasteiger partial charge on any atom is 0.870 e. The number of carbonyl (C=O) groups excluding carboxylic acids is 3. The van der Waals surface area contributed by atoms with Crippen molar-refractivity contribution < 1.29 is 46.3 Å². The van der Waals surface area contributed by atoms with Gasteiger partial charge in [0.05, 0.1) is 14.5 Å². The molecule has 0 spiro atoms. The smallest absolute Gasteiger partial charge is 0.462 e. The Bertz CT molecular complexity index is 1200. The number of ether oxygens (including phenoxy) is 1. The Morgan fingerprint density at radius 2 is 1.79 bits per heavy atom. The molecule has 14 heteroatoms. The topological polar surface area (TPSA) is 110 Å². The predicted octanol–water partition coefficient (Wildman–Crippen LogP) is 2.92. The maximum atomic E-state index is 14.7. The van der Waals surface area contributed by atoms with Gasteiger partial charge < -0.3 is 23.3 Å². The summed E-state index contributed by atoms with van der Waals surface area (Å²) >= 11 is -1.30. The van der Waals surface area contributed by atoms with Gasteiger partial charge >= 0.3 is 19.9 Å². The summed E-state index contributed by atoms with van der Waals surface area (Å²) < 4.78 is 64.3. The highest BCUT2D eigenvalue weighted by Crippen LogP contribution is 2.42. The fourth-order valence-corrected chi connectivity index (χ4v) is 4.28. The van der Waals surface area contributed by atoms with Crippen molar-refractivity contribution in [2.75, 3.05) is 0 Å². The number of benzene rings is 1. The van der Waals surface area contributed by atoms with Crippen LogP contribution in [0.5, 0.6) is 5.75 Å². The van der Waals surface area contributed by atoms with E-state index in [1.165, 1.54) is 4.57 Å². The van der Waals surface area contributed by atoms with Gasteiger partial charge in [0.1, 0.15) is 11.4 Å². The van der Waals surface area contributed by atoms with Gasteiger partial charge in [0.15, 0.2) is 5.75 Å². The number of nitrogens with zero attached hydrogens (tertiary/aromatic N) is 1. The molecule has 0 saturated heterocycles. The van der Waals surface area contributed by atoms with Crippen molar-refractivity contribution in [3.63, 3.8) is 0 Å². The Morgan fingerprint density at radius 3 is 2.27 bits per heavy atom. The number of halogens is 4. The number of rotatable bonds is 8. The van der Waals surface area contributed by atoms with Gasteiger partial charge in [0.2, 0.25) is 5.43 Å². The van der Waals surface area contributed by atoms with Crippen LogP contribution in [0.25, 0.3) is 10.9 Å². The highest BCUT2D eigenvalue weighted by atomic mass is 127. The van der Waals surface area contributed by atoms with E-state index >= 15 is 0 Å². The first kappa shape index (κ1) is 24.7. The Hall–Kier alpha value is -2.91. The average molecular weight is 581 g/mol. The van der Waals surface area contributed by atoms with E-state index in [9.17, 15) is 32.3 Å². The highest BCUT2D eigenvalue weighted by Gasteiger charge is 2.37. The van der Waals surface area contributed by atoms with E-state index in [-0.39, 0.29) is 20.5 Å². The quantitative estimate of drug-likeness (QED) is 0.346. The number of aromatic nitrogens is 1. The molecule has 2 aromatic rings. The lowest BCUT2D eigenvalue weighted by molar-refractivity contribution is -0.139. The number of pyridine rings is 1. The van der Waals surface area contributed by atoms with E-state index in [4.69, 9.17) is 4.65 Å². The number of carbonyl (C=O) groups is 3. The summed E-state index contributed by atoms with van der Waals surface area (Å²) in [6, 6.07) is 0.570. The monoisotopic (exact) mass is 581 g/mol. The zero-order chi connectivity index (χ0) is 24.4. The van der Waals surface area contributed by atoms with Crippen LogP contribution in [-0.4, -0.2) is 40.9 Å². The first-order valence-electron chi connectivity index (χ1n) is 9.33.